The van der Waals surface area contributed by atoms with Gasteiger partial charge in [-0.2, -0.15) is 0 Å². The highest BCUT2D eigenvalue weighted by Crippen LogP contribution is 2.36. The van der Waals surface area contributed by atoms with Gasteiger partial charge < -0.3 is 24.8 Å². The standard InChI is InChI=1S/C23H38N4O3.HI/c1-23(9-5-6-10-23)17-26-22(24-2)25-16-19(27-11-13-30-14-12-27)18-7-8-20(28-3)21(15-18)29-4;/h7-8,15,19H,5-6,9-14,16-17H2,1-4H3,(H2,24,25,26);1H. The molecule has 0 bridgehead atoms. The molecule has 1 aliphatic carbocycles. The Morgan fingerprint density at radius 2 is 1.81 bits per heavy atom. The van der Waals surface area contributed by atoms with E-state index in [9.17, 15) is 0 Å². The van der Waals surface area contributed by atoms with E-state index >= 15 is 0 Å². The van der Waals surface area contributed by atoms with Crippen LogP contribution in [0.3, 0.4) is 0 Å². The normalized spacial score (nSPS) is 19.9. The summed E-state index contributed by atoms with van der Waals surface area (Å²) in [5.41, 5.74) is 1.57. The molecule has 0 amide bonds. The summed E-state index contributed by atoms with van der Waals surface area (Å²) in [6.07, 6.45) is 5.25. The fourth-order valence-corrected chi connectivity index (χ4v) is 4.52. The molecule has 1 saturated heterocycles. The molecule has 1 aromatic carbocycles. The highest BCUT2D eigenvalue weighted by Gasteiger charge is 2.29. The molecule has 1 saturated carbocycles. The monoisotopic (exact) mass is 546 g/mol. The molecular weight excluding hydrogens is 507 g/mol. The summed E-state index contributed by atoms with van der Waals surface area (Å²) >= 11 is 0. The maximum atomic E-state index is 5.58. The van der Waals surface area contributed by atoms with E-state index in [1.165, 1.54) is 31.2 Å². The maximum absolute atomic E-state index is 5.58. The predicted molar refractivity (Wildman–Crippen MR) is 136 cm³/mol. The summed E-state index contributed by atoms with van der Waals surface area (Å²) in [4.78, 5) is 6.92. The van der Waals surface area contributed by atoms with Crippen LogP contribution in [0.1, 0.15) is 44.2 Å². The maximum Gasteiger partial charge on any atom is 0.191 e. The van der Waals surface area contributed by atoms with E-state index < -0.39 is 0 Å². The van der Waals surface area contributed by atoms with Crippen molar-refractivity contribution in [3.05, 3.63) is 23.8 Å². The lowest BCUT2D eigenvalue weighted by molar-refractivity contribution is 0.0169. The number of halogens is 1. The van der Waals surface area contributed by atoms with E-state index in [0.717, 1.165) is 56.9 Å². The molecule has 8 heteroatoms. The summed E-state index contributed by atoms with van der Waals surface area (Å²) in [6.45, 7) is 7.43. The van der Waals surface area contributed by atoms with Gasteiger partial charge in [0.25, 0.3) is 0 Å². The smallest absolute Gasteiger partial charge is 0.191 e. The third-order valence-corrected chi connectivity index (χ3v) is 6.46. The topological polar surface area (TPSA) is 67.4 Å². The number of nitrogens with one attached hydrogen (secondary N) is 2. The minimum atomic E-state index is 0. The van der Waals surface area contributed by atoms with Crippen LogP contribution >= 0.6 is 24.0 Å². The number of ether oxygens (including phenoxy) is 3. The van der Waals surface area contributed by atoms with Gasteiger partial charge in [-0.05, 0) is 36.0 Å². The third kappa shape index (κ3) is 7.12. The molecule has 1 aliphatic heterocycles. The van der Waals surface area contributed by atoms with E-state index in [4.69, 9.17) is 14.2 Å². The molecule has 1 unspecified atom stereocenters. The number of hydrogen-bond donors (Lipinski definition) is 2. The molecule has 2 N–H and O–H groups in total. The number of morpholine rings is 1. The van der Waals surface area contributed by atoms with E-state index in [1.54, 1.807) is 14.2 Å². The predicted octanol–water partition coefficient (Wildman–Crippen LogP) is 3.44. The molecule has 0 radical (unpaired) electrons. The SMILES string of the molecule is CN=C(NCC(c1ccc(OC)c(OC)c1)N1CCOCC1)NCC1(C)CCCC1.I. The lowest BCUT2D eigenvalue weighted by atomic mass is 9.89. The molecule has 2 aliphatic rings. The molecule has 0 aromatic heterocycles. The Morgan fingerprint density at radius 3 is 2.42 bits per heavy atom. The van der Waals surface area contributed by atoms with Crippen LogP contribution in [0.25, 0.3) is 0 Å². The Morgan fingerprint density at radius 1 is 1.13 bits per heavy atom. The summed E-state index contributed by atoms with van der Waals surface area (Å²) in [7, 11) is 5.19. The Labute approximate surface area is 204 Å². The summed E-state index contributed by atoms with van der Waals surface area (Å²) in [6, 6.07) is 6.37. The van der Waals surface area contributed by atoms with Crippen LogP contribution in [0.15, 0.2) is 23.2 Å². The Kier molecular flexibility index (Phi) is 10.6. The lowest BCUT2D eigenvalue weighted by Crippen LogP contribution is -2.47. The molecule has 1 atom stereocenters. The fourth-order valence-electron chi connectivity index (χ4n) is 4.52. The van der Waals surface area contributed by atoms with Crippen molar-refractivity contribution < 1.29 is 14.2 Å². The quantitative estimate of drug-likeness (QED) is 0.296. The van der Waals surface area contributed by atoms with Crippen LogP contribution in [-0.2, 0) is 4.74 Å². The number of benzene rings is 1. The summed E-state index contributed by atoms with van der Waals surface area (Å²) in [5.74, 6) is 2.36. The highest BCUT2D eigenvalue weighted by molar-refractivity contribution is 14.0. The molecule has 3 rings (SSSR count). The second kappa shape index (κ2) is 12.7. The van der Waals surface area contributed by atoms with Gasteiger partial charge in [-0.3, -0.25) is 9.89 Å². The number of hydrogen-bond acceptors (Lipinski definition) is 5. The van der Waals surface area contributed by atoms with Crippen molar-refractivity contribution in [2.45, 2.75) is 38.6 Å². The zero-order chi connectivity index (χ0) is 21.4. The van der Waals surface area contributed by atoms with Crippen LogP contribution in [0.4, 0.5) is 0 Å². The summed E-state index contributed by atoms with van der Waals surface area (Å²) in [5, 5.41) is 7.11. The van der Waals surface area contributed by atoms with Crippen LogP contribution in [0, 0.1) is 5.41 Å². The Balaban J connectivity index is 0.00000341. The first-order valence-corrected chi connectivity index (χ1v) is 11.1. The molecule has 31 heavy (non-hydrogen) atoms. The number of guanidine groups is 1. The van der Waals surface area contributed by atoms with Crippen LogP contribution in [0.5, 0.6) is 11.5 Å². The van der Waals surface area contributed by atoms with Gasteiger partial charge >= 0.3 is 0 Å². The van der Waals surface area contributed by atoms with E-state index in [0.29, 0.717) is 5.41 Å². The molecule has 176 valence electrons. The van der Waals surface area contributed by atoms with Gasteiger partial charge in [0, 0.05) is 33.2 Å². The van der Waals surface area contributed by atoms with Crippen molar-refractivity contribution in [3.63, 3.8) is 0 Å². The van der Waals surface area contributed by atoms with Gasteiger partial charge in [0.2, 0.25) is 0 Å². The highest BCUT2D eigenvalue weighted by atomic mass is 127. The second-order valence-electron chi connectivity index (χ2n) is 8.60. The van der Waals surface area contributed by atoms with Gasteiger partial charge in [0.05, 0.1) is 33.5 Å². The molecule has 7 nitrogen and oxygen atoms in total. The summed E-state index contributed by atoms with van der Waals surface area (Å²) < 4.78 is 16.5. The first kappa shape index (κ1) is 26.0. The van der Waals surface area contributed by atoms with Crippen LogP contribution < -0.4 is 20.1 Å². The fraction of sp³-hybridized carbons (Fsp3) is 0.696. The van der Waals surface area contributed by atoms with Crippen molar-refractivity contribution in [2.75, 3.05) is 60.7 Å². The van der Waals surface area contributed by atoms with Gasteiger partial charge in [-0.1, -0.05) is 25.8 Å². The Hall–Kier alpha value is -1.26. The minimum absolute atomic E-state index is 0. The number of aliphatic imine (C=N–C) groups is 1. The van der Waals surface area contributed by atoms with E-state index in [1.807, 2.05) is 13.1 Å². The molecule has 0 spiro atoms. The third-order valence-electron chi connectivity index (χ3n) is 6.46. The van der Waals surface area contributed by atoms with Gasteiger partial charge in [0.15, 0.2) is 17.5 Å². The largest absolute Gasteiger partial charge is 0.493 e. The minimum Gasteiger partial charge on any atom is -0.493 e. The molecule has 1 heterocycles. The van der Waals surface area contributed by atoms with E-state index in [2.05, 4.69) is 39.6 Å². The number of methoxy groups -OCH3 is 2. The van der Waals surface area contributed by atoms with Crippen molar-refractivity contribution in [1.29, 1.82) is 0 Å². The average molecular weight is 546 g/mol. The van der Waals surface area contributed by atoms with Gasteiger partial charge in [-0.25, -0.2) is 0 Å². The van der Waals surface area contributed by atoms with Crippen molar-refractivity contribution >= 4 is 29.9 Å². The van der Waals surface area contributed by atoms with Gasteiger partial charge in [-0.15, -0.1) is 24.0 Å². The van der Waals surface area contributed by atoms with Crippen molar-refractivity contribution in [3.8, 4) is 11.5 Å². The van der Waals surface area contributed by atoms with Crippen LogP contribution in [0.2, 0.25) is 0 Å². The van der Waals surface area contributed by atoms with E-state index in [-0.39, 0.29) is 30.0 Å². The van der Waals surface area contributed by atoms with Crippen molar-refractivity contribution in [1.82, 2.24) is 15.5 Å². The molecular formula is C23H39IN4O3. The zero-order valence-electron chi connectivity index (χ0n) is 19.4. The van der Waals surface area contributed by atoms with Gasteiger partial charge in [0.1, 0.15) is 0 Å². The van der Waals surface area contributed by atoms with Crippen LogP contribution in [-0.4, -0.2) is 71.5 Å². The molecule has 1 aromatic rings. The zero-order valence-corrected chi connectivity index (χ0v) is 21.7. The first-order valence-electron chi connectivity index (χ1n) is 11.1. The lowest BCUT2D eigenvalue weighted by Gasteiger charge is -2.35. The van der Waals surface area contributed by atoms with Crippen molar-refractivity contribution in [2.24, 2.45) is 10.4 Å². The number of rotatable bonds is 8. The number of nitrogens with zero attached hydrogens (tertiary/aromatic N) is 2. The first-order chi connectivity index (χ1) is 14.6. The second-order valence-corrected chi connectivity index (χ2v) is 8.60. The molecule has 2 fully saturated rings. The average Bonchev–Trinajstić information content (AvgIpc) is 3.23. The Bertz CT molecular complexity index is 704.